The van der Waals surface area contributed by atoms with Gasteiger partial charge in [0.15, 0.2) is 5.65 Å². The Morgan fingerprint density at radius 2 is 1.96 bits per heavy atom. The SMILES string of the molecule is CCc1nc2c(Cl)cc(C(F)(F)F)cn2c1C(=O)Nc1ccccc1. The van der Waals surface area contributed by atoms with Gasteiger partial charge < -0.3 is 5.32 Å². The molecule has 2 heterocycles. The molecule has 3 rings (SSSR count). The predicted molar refractivity (Wildman–Crippen MR) is 89.0 cm³/mol. The summed E-state index contributed by atoms with van der Waals surface area (Å²) in [5.41, 5.74) is 0.107. The molecule has 0 saturated heterocycles. The van der Waals surface area contributed by atoms with Gasteiger partial charge in [-0.15, -0.1) is 0 Å². The number of fused-ring (bicyclic) bond motifs is 1. The first-order valence-electron chi connectivity index (χ1n) is 7.45. The lowest BCUT2D eigenvalue weighted by atomic mass is 10.2. The third kappa shape index (κ3) is 3.32. The predicted octanol–water partition coefficient (Wildman–Crippen LogP) is 4.82. The van der Waals surface area contributed by atoms with Gasteiger partial charge in [-0.1, -0.05) is 36.7 Å². The van der Waals surface area contributed by atoms with E-state index in [2.05, 4.69) is 10.3 Å². The van der Waals surface area contributed by atoms with Crippen molar-refractivity contribution in [2.75, 3.05) is 5.32 Å². The van der Waals surface area contributed by atoms with Crippen LogP contribution >= 0.6 is 11.6 Å². The van der Waals surface area contributed by atoms with Crippen LogP contribution in [0.15, 0.2) is 42.6 Å². The number of imidazole rings is 1. The molecule has 0 saturated carbocycles. The van der Waals surface area contributed by atoms with Crippen molar-refractivity contribution < 1.29 is 18.0 Å². The third-order valence-electron chi connectivity index (χ3n) is 3.66. The van der Waals surface area contributed by atoms with E-state index in [1.165, 1.54) is 0 Å². The standard InChI is InChI=1S/C17H13ClF3N3O/c1-2-13-14(16(25)22-11-6-4-3-5-7-11)24-9-10(17(19,20)21)8-12(18)15(24)23-13/h3-9H,2H2,1H3,(H,22,25). The van der Waals surface area contributed by atoms with Gasteiger partial charge in [0.1, 0.15) is 5.69 Å². The van der Waals surface area contributed by atoms with Crippen LogP contribution in [0.5, 0.6) is 0 Å². The number of anilines is 1. The summed E-state index contributed by atoms with van der Waals surface area (Å²) >= 11 is 5.96. The van der Waals surface area contributed by atoms with E-state index in [9.17, 15) is 18.0 Å². The molecule has 3 aromatic rings. The molecular weight excluding hydrogens is 355 g/mol. The zero-order valence-corrected chi connectivity index (χ0v) is 13.8. The number of hydrogen-bond acceptors (Lipinski definition) is 2. The van der Waals surface area contributed by atoms with Crippen molar-refractivity contribution in [2.45, 2.75) is 19.5 Å². The Labute approximate surface area is 146 Å². The Hall–Kier alpha value is -2.54. The maximum absolute atomic E-state index is 13.1. The Morgan fingerprint density at radius 1 is 1.28 bits per heavy atom. The molecule has 130 valence electrons. The minimum atomic E-state index is -4.58. The van der Waals surface area contributed by atoms with Crippen LogP contribution in [-0.4, -0.2) is 15.3 Å². The number of carbonyl (C=O) groups excluding carboxylic acids is 1. The summed E-state index contributed by atoms with van der Waals surface area (Å²) in [6.45, 7) is 1.76. The highest BCUT2D eigenvalue weighted by Crippen LogP contribution is 2.33. The number of aryl methyl sites for hydroxylation is 1. The van der Waals surface area contributed by atoms with Crippen LogP contribution in [0.3, 0.4) is 0 Å². The van der Waals surface area contributed by atoms with Crippen LogP contribution in [-0.2, 0) is 12.6 Å². The van der Waals surface area contributed by atoms with E-state index in [1.54, 1.807) is 37.3 Å². The van der Waals surface area contributed by atoms with E-state index in [4.69, 9.17) is 11.6 Å². The molecule has 1 amide bonds. The lowest BCUT2D eigenvalue weighted by Gasteiger charge is -2.10. The van der Waals surface area contributed by atoms with Crippen molar-refractivity contribution in [3.8, 4) is 0 Å². The zero-order chi connectivity index (χ0) is 18.2. The molecule has 4 nitrogen and oxygen atoms in total. The fourth-order valence-corrected chi connectivity index (χ4v) is 2.76. The van der Waals surface area contributed by atoms with Crippen molar-refractivity contribution in [1.29, 1.82) is 0 Å². The summed E-state index contributed by atoms with van der Waals surface area (Å²) in [5.74, 6) is -0.550. The van der Waals surface area contributed by atoms with Crippen LogP contribution < -0.4 is 5.32 Å². The molecule has 0 radical (unpaired) electrons. The molecule has 1 N–H and O–H groups in total. The number of aromatic nitrogens is 2. The normalized spacial score (nSPS) is 11.7. The first kappa shape index (κ1) is 17.3. The molecule has 0 aliphatic carbocycles. The van der Waals surface area contributed by atoms with Gasteiger partial charge in [-0.25, -0.2) is 4.98 Å². The molecule has 0 unspecified atom stereocenters. The molecule has 0 bridgehead atoms. The van der Waals surface area contributed by atoms with Crippen LogP contribution in [0.25, 0.3) is 5.65 Å². The van der Waals surface area contributed by atoms with Gasteiger partial charge in [0, 0.05) is 11.9 Å². The first-order chi connectivity index (χ1) is 11.8. The van der Waals surface area contributed by atoms with Gasteiger partial charge in [-0.05, 0) is 24.6 Å². The number of para-hydroxylation sites is 1. The van der Waals surface area contributed by atoms with E-state index >= 15 is 0 Å². The second-order valence-electron chi connectivity index (χ2n) is 5.35. The molecule has 0 spiro atoms. The molecule has 0 atom stereocenters. The first-order valence-corrected chi connectivity index (χ1v) is 7.83. The maximum atomic E-state index is 13.1. The van der Waals surface area contributed by atoms with Gasteiger partial charge in [-0.2, -0.15) is 13.2 Å². The Bertz CT molecular complexity index is 936. The quantitative estimate of drug-likeness (QED) is 0.721. The lowest BCUT2D eigenvalue weighted by Crippen LogP contribution is -2.17. The number of pyridine rings is 1. The monoisotopic (exact) mass is 367 g/mol. The number of nitrogens with zero attached hydrogens (tertiary/aromatic N) is 2. The second kappa shape index (κ2) is 6.40. The van der Waals surface area contributed by atoms with Gasteiger partial charge in [0.05, 0.1) is 16.3 Å². The highest BCUT2D eigenvalue weighted by Gasteiger charge is 2.33. The average Bonchev–Trinajstić information content (AvgIpc) is 2.94. The Morgan fingerprint density at radius 3 is 2.56 bits per heavy atom. The molecular formula is C17H13ClF3N3O. The van der Waals surface area contributed by atoms with Crippen molar-refractivity contribution in [2.24, 2.45) is 0 Å². The van der Waals surface area contributed by atoms with Crippen LogP contribution in [0.2, 0.25) is 5.02 Å². The number of carbonyl (C=O) groups is 1. The highest BCUT2D eigenvalue weighted by molar-refractivity contribution is 6.33. The van der Waals surface area contributed by atoms with Crippen LogP contribution in [0.1, 0.15) is 28.7 Å². The van der Waals surface area contributed by atoms with Crippen LogP contribution in [0.4, 0.5) is 18.9 Å². The summed E-state index contributed by atoms with van der Waals surface area (Å²) in [6.07, 6.45) is -3.37. The number of benzene rings is 1. The molecule has 0 fully saturated rings. The third-order valence-corrected chi connectivity index (χ3v) is 3.93. The lowest BCUT2D eigenvalue weighted by molar-refractivity contribution is -0.137. The van der Waals surface area contributed by atoms with Crippen molar-refractivity contribution in [3.05, 3.63) is 64.6 Å². The zero-order valence-electron chi connectivity index (χ0n) is 13.1. The Balaban J connectivity index is 2.15. The van der Waals surface area contributed by atoms with E-state index < -0.39 is 17.6 Å². The van der Waals surface area contributed by atoms with Crippen molar-refractivity contribution >= 4 is 28.8 Å². The summed E-state index contributed by atoms with van der Waals surface area (Å²) in [6, 6.07) is 9.44. The number of amides is 1. The summed E-state index contributed by atoms with van der Waals surface area (Å²) in [7, 11) is 0. The van der Waals surface area contributed by atoms with E-state index in [-0.39, 0.29) is 16.4 Å². The fourth-order valence-electron chi connectivity index (χ4n) is 2.50. The number of hydrogen-bond donors (Lipinski definition) is 1. The molecule has 0 aliphatic rings. The smallest absolute Gasteiger partial charge is 0.321 e. The minimum Gasteiger partial charge on any atom is -0.321 e. The average molecular weight is 368 g/mol. The largest absolute Gasteiger partial charge is 0.417 e. The minimum absolute atomic E-state index is 0.0364. The molecule has 0 aliphatic heterocycles. The summed E-state index contributed by atoms with van der Waals surface area (Å²) < 4.78 is 40.3. The fraction of sp³-hybridized carbons (Fsp3) is 0.176. The molecule has 2 aromatic heterocycles. The van der Waals surface area contributed by atoms with Crippen molar-refractivity contribution in [3.63, 3.8) is 0 Å². The highest BCUT2D eigenvalue weighted by atomic mass is 35.5. The number of halogens is 4. The maximum Gasteiger partial charge on any atom is 0.417 e. The number of rotatable bonds is 3. The van der Waals surface area contributed by atoms with E-state index in [0.29, 0.717) is 17.8 Å². The van der Waals surface area contributed by atoms with E-state index in [1.807, 2.05) is 0 Å². The summed E-state index contributed by atoms with van der Waals surface area (Å²) in [5, 5.41) is 2.50. The topological polar surface area (TPSA) is 46.4 Å². The summed E-state index contributed by atoms with van der Waals surface area (Å²) in [4.78, 5) is 16.9. The molecule has 8 heteroatoms. The van der Waals surface area contributed by atoms with Crippen molar-refractivity contribution in [1.82, 2.24) is 9.38 Å². The second-order valence-corrected chi connectivity index (χ2v) is 5.76. The number of nitrogens with one attached hydrogen (secondary N) is 1. The van der Waals surface area contributed by atoms with E-state index in [0.717, 1.165) is 16.7 Å². The molecule has 25 heavy (non-hydrogen) atoms. The van der Waals surface area contributed by atoms with Gasteiger partial charge in [0.2, 0.25) is 0 Å². The Kier molecular flexibility index (Phi) is 4.43. The van der Waals surface area contributed by atoms with Gasteiger partial charge in [0.25, 0.3) is 5.91 Å². The van der Waals surface area contributed by atoms with Gasteiger partial charge in [-0.3, -0.25) is 9.20 Å². The van der Waals surface area contributed by atoms with Gasteiger partial charge >= 0.3 is 6.18 Å². The molecule has 1 aromatic carbocycles. The van der Waals surface area contributed by atoms with Crippen LogP contribution in [0, 0.1) is 0 Å². The number of alkyl halides is 3.